The van der Waals surface area contributed by atoms with Gasteiger partial charge in [-0.3, -0.25) is 4.90 Å². The Bertz CT molecular complexity index is 806. The topological polar surface area (TPSA) is 59.0 Å². The summed E-state index contributed by atoms with van der Waals surface area (Å²) in [5, 5.41) is 17.9. The van der Waals surface area contributed by atoms with Crippen LogP contribution >= 0.6 is 0 Å². The molecule has 2 aromatic rings. The number of anilines is 1. The van der Waals surface area contributed by atoms with E-state index in [0.717, 1.165) is 31.7 Å². The van der Waals surface area contributed by atoms with Crippen molar-refractivity contribution in [3.63, 3.8) is 0 Å². The number of aliphatic hydroxyl groups is 1. The number of hydrogen-bond acceptors (Lipinski definition) is 5. The van der Waals surface area contributed by atoms with Gasteiger partial charge in [-0.1, -0.05) is 48.5 Å². The van der Waals surface area contributed by atoms with Crippen molar-refractivity contribution in [1.29, 1.82) is 0 Å². The molecule has 2 heterocycles. The molecule has 28 heavy (non-hydrogen) atoms. The lowest BCUT2D eigenvalue weighted by Gasteiger charge is -2.30. The van der Waals surface area contributed by atoms with Gasteiger partial charge >= 0.3 is 0 Å². The molecule has 0 bridgehead atoms. The summed E-state index contributed by atoms with van der Waals surface area (Å²) < 4.78 is 0. The zero-order valence-corrected chi connectivity index (χ0v) is 16.2. The number of benzene rings is 2. The largest absolute Gasteiger partial charge is 0.373 e. The lowest BCUT2D eigenvalue weighted by Crippen LogP contribution is -2.39. The van der Waals surface area contributed by atoms with E-state index in [1.54, 1.807) is 11.6 Å². The smallest absolute Gasteiger partial charge is 0.146 e. The molecular formula is C23H29N3O2. The molecule has 2 aliphatic heterocycles. The Morgan fingerprint density at radius 3 is 2.75 bits per heavy atom. The van der Waals surface area contributed by atoms with Crippen LogP contribution in [0, 0.1) is 0 Å². The van der Waals surface area contributed by atoms with Crippen molar-refractivity contribution in [2.24, 2.45) is 0 Å². The number of hydrogen-bond donors (Lipinski definition) is 3. The maximum Gasteiger partial charge on any atom is 0.146 e. The fourth-order valence-electron chi connectivity index (χ4n) is 4.37. The van der Waals surface area contributed by atoms with E-state index < -0.39 is 6.23 Å². The van der Waals surface area contributed by atoms with E-state index in [1.807, 2.05) is 0 Å². The minimum atomic E-state index is -1.04. The van der Waals surface area contributed by atoms with Crippen LogP contribution in [0.2, 0.25) is 0 Å². The SMILES string of the molecule is ONC(O)C=Cc1ccc(CN2CCCC2CN2CCc3ccccc32)cc1. The summed E-state index contributed by atoms with van der Waals surface area (Å²) in [6, 6.07) is 17.8. The molecule has 0 saturated carbocycles. The average molecular weight is 380 g/mol. The molecule has 0 aliphatic carbocycles. The highest BCUT2D eigenvalue weighted by Gasteiger charge is 2.28. The van der Waals surface area contributed by atoms with Gasteiger partial charge < -0.3 is 15.2 Å². The van der Waals surface area contributed by atoms with Crippen LogP contribution in [-0.4, -0.2) is 47.1 Å². The first-order chi connectivity index (χ1) is 13.7. The van der Waals surface area contributed by atoms with Gasteiger partial charge in [0, 0.05) is 31.4 Å². The Balaban J connectivity index is 1.36. The average Bonchev–Trinajstić information content (AvgIpc) is 3.35. The van der Waals surface area contributed by atoms with Crippen molar-refractivity contribution in [2.75, 3.05) is 24.5 Å². The van der Waals surface area contributed by atoms with Crippen LogP contribution in [0.25, 0.3) is 6.08 Å². The lowest BCUT2D eigenvalue weighted by molar-refractivity contribution is 0.0323. The normalized spacial score (nSPS) is 20.8. The molecule has 2 aromatic carbocycles. The molecule has 0 radical (unpaired) electrons. The maximum absolute atomic E-state index is 9.31. The van der Waals surface area contributed by atoms with Crippen molar-refractivity contribution in [1.82, 2.24) is 10.4 Å². The van der Waals surface area contributed by atoms with E-state index in [0.29, 0.717) is 6.04 Å². The van der Waals surface area contributed by atoms with Crippen LogP contribution in [0.5, 0.6) is 0 Å². The van der Waals surface area contributed by atoms with Gasteiger partial charge in [0.25, 0.3) is 0 Å². The number of likely N-dealkylation sites (tertiary alicyclic amines) is 1. The van der Waals surface area contributed by atoms with Crippen molar-refractivity contribution >= 4 is 11.8 Å². The third-order valence-electron chi connectivity index (χ3n) is 5.88. The minimum Gasteiger partial charge on any atom is -0.373 e. The predicted molar refractivity (Wildman–Crippen MR) is 112 cm³/mol. The van der Waals surface area contributed by atoms with E-state index >= 15 is 0 Å². The molecule has 5 nitrogen and oxygen atoms in total. The summed E-state index contributed by atoms with van der Waals surface area (Å²) >= 11 is 0. The van der Waals surface area contributed by atoms with E-state index in [-0.39, 0.29) is 0 Å². The van der Waals surface area contributed by atoms with Crippen LogP contribution in [0.1, 0.15) is 29.5 Å². The van der Waals surface area contributed by atoms with Gasteiger partial charge in [0.15, 0.2) is 0 Å². The Hall–Kier alpha value is -2.18. The fraction of sp³-hybridized carbons (Fsp3) is 0.391. The minimum absolute atomic E-state index is 0.608. The molecular weight excluding hydrogens is 350 g/mol. The Labute approximate surface area is 166 Å². The number of nitrogens with one attached hydrogen (secondary N) is 1. The number of fused-ring (bicyclic) bond motifs is 1. The number of para-hydroxylation sites is 1. The maximum atomic E-state index is 9.31. The van der Waals surface area contributed by atoms with Gasteiger partial charge in [-0.15, -0.1) is 0 Å². The van der Waals surface area contributed by atoms with E-state index in [1.165, 1.54) is 42.2 Å². The third-order valence-corrected chi connectivity index (χ3v) is 5.88. The number of nitrogens with zero attached hydrogens (tertiary/aromatic N) is 2. The second-order valence-electron chi connectivity index (χ2n) is 7.77. The zero-order valence-electron chi connectivity index (χ0n) is 16.2. The van der Waals surface area contributed by atoms with Gasteiger partial charge in [0.05, 0.1) is 0 Å². The highest BCUT2D eigenvalue weighted by Crippen LogP contribution is 2.30. The molecule has 0 amide bonds. The summed E-state index contributed by atoms with van der Waals surface area (Å²) in [5.41, 5.74) is 7.01. The molecule has 5 heteroatoms. The second kappa shape index (κ2) is 8.88. The Morgan fingerprint density at radius 1 is 1.11 bits per heavy atom. The van der Waals surface area contributed by atoms with Crippen LogP contribution in [0.4, 0.5) is 5.69 Å². The first-order valence-electron chi connectivity index (χ1n) is 10.1. The van der Waals surface area contributed by atoms with E-state index in [4.69, 9.17) is 5.21 Å². The number of rotatable bonds is 7. The first-order valence-corrected chi connectivity index (χ1v) is 10.1. The zero-order chi connectivity index (χ0) is 19.3. The van der Waals surface area contributed by atoms with Gasteiger partial charge in [-0.2, -0.15) is 5.48 Å². The second-order valence-corrected chi connectivity index (χ2v) is 7.77. The number of aliphatic hydroxyl groups excluding tert-OH is 1. The predicted octanol–water partition coefficient (Wildman–Crippen LogP) is 3.02. The Morgan fingerprint density at radius 2 is 1.93 bits per heavy atom. The summed E-state index contributed by atoms with van der Waals surface area (Å²) in [7, 11) is 0. The lowest BCUT2D eigenvalue weighted by atomic mass is 10.1. The van der Waals surface area contributed by atoms with Crippen molar-refractivity contribution in [3.8, 4) is 0 Å². The highest BCUT2D eigenvalue weighted by atomic mass is 16.5. The first kappa shape index (κ1) is 19.2. The van der Waals surface area contributed by atoms with Gasteiger partial charge in [0.1, 0.15) is 6.23 Å². The van der Waals surface area contributed by atoms with Crippen molar-refractivity contribution in [3.05, 3.63) is 71.3 Å². The quantitative estimate of drug-likeness (QED) is 0.510. The van der Waals surface area contributed by atoms with Crippen LogP contribution < -0.4 is 10.4 Å². The summed E-state index contributed by atoms with van der Waals surface area (Å²) in [4.78, 5) is 5.18. The molecule has 3 N–H and O–H groups in total. The molecule has 148 valence electrons. The molecule has 0 spiro atoms. The van der Waals surface area contributed by atoms with Crippen LogP contribution in [0.3, 0.4) is 0 Å². The highest BCUT2D eigenvalue weighted by molar-refractivity contribution is 5.58. The van der Waals surface area contributed by atoms with Crippen LogP contribution in [-0.2, 0) is 13.0 Å². The van der Waals surface area contributed by atoms with Crippen molar-refractivity contribution in [2.45, 2.75) is 38.1 Å². The fourth-order valence-corrected chi connectivity index (χ4v) is 4.37. The van der Waals surface area contributed by atoms with E-state index in [9.17, 15) is 5.11 Å². The van der Waals surface area contributed by atoms with E-state index in [2.05, 4.69) is 58.3 Å². The standard InChI is InChI=1S/C23H29N3O2/c27-23(24-28)12-11-18-7-9-19(10-8-18)16-25-14-3-5-21(25)17-26-15-13-20-4-1-2-6-22(20)26/h1-2,4,6-12,21,23-24,27-28H,3,5,13-17H2. The molecule has 2 unspecified atom stereocenters. The summed E-state index contributed by atoms with van der Waals surface area (Å²) in [6.45, 7) is 4.39. The van der Waals surface area contributed by atoms with Gasteiger partial charge in [-0.05, 0) is 54.6 Å². The van der Waals surface area contributed by atoms with Crippen LogP contribution in [0.15, 0.2) is 54.6 Å². The molecule has 1 fully saturated rings. The van der Waals surface area contributed by atoms with Gasteiger partial charge in [-0.25, -0.2) is 0 Å². The molecule has 1 saturated heterocycles. The molecule has 0 aromatic heterocycles. The monoisotopic (exact) mass is 379 g/mol. The summed E-state index contributed by atoms with van der Waals surface area (Å²) in [6.07, 6.45) is 5.97. The molecule has 2 aliphatic rings. The Kier molecular flexibility index (Phi) is 6.07. The number of hydroxylamine groups is 1. The van der Waals surface area contributed by atoms with Gasteiger partial charge in [0.2, 0.25) is 0 Å². The summed E-state index contributed by atoms with van der Waals surface area (Å²) in [5.74, 6) is 0. The third kappa shape index (κ3) is 4.45. The molecule has 4 rings (SSSR count). The molecule has 2 atom stereocenters. The van der Waals surface area contributed by atoms with Crippen molar-refractivity contribution < 1.29 is 10.3 Å².